The van der Waals surface area contributed by atoms with Crippen molar-refractivity contribution in [1.29, 1.82) is 5.26 Å². The van der Waals surface area contributed by atoms with Gasteiger partial charge in [0.05, 0.1) is 0 Å². The Kier molecular flexibility index (Phi) is 1.87. The molecule has 0 aliphatic carbocycles. The number of nitriles is 1. The summed E-state index contributed by atoms with van der Waals surface area (Å²) in [6, 6.07) is 9.12. The van der Waals surface area contributed by atoms with Crippen molar-refractivity contribution in [2.75, 3.05) is 0 Å². The van der Waals surface area contributed by atoms with Crippen molar-refractivity contribution in [2.45, 2.75) is 0 Å². The summed E-state index contributed by atoms with van der Waals surface area (Å²) in [5.74, 6) is 0. The second kappa shape index (κ2) is 2.66. The molecule has 0 amide bonds. The van der Waals surface area contributed by atoms with Crippen molar-refractivity contribution < 1.29 is 15.5 Å². The fourth-order valence-electron chi connectivity index (χ4n) is 0.537. The molecule has 0 saturated heterocycles. The zero-order valence-electron chi connectivity index (χ0n) is 4.57. The summed E-state index contributed by atoms with van der Waals surface area (Å²) in [7, 11) is 0. The van der Waals surface area contributed by atoms with Gasteiger partial charge in [0.25, 0.3) is 0 Å². The van der Waals surface area contributed by atoms with Crippen molar-refractivity contribution in [3.05, 3.63) is 29.8 Å². The van der Waals surface area contributed by atoms with Gasteiger partial charge in [-0.1, -0.05) is 0 Å². The summed E-state index contributed by atoms with van der Waals surface area (Å²) in [5, 5.41) is 8.41. The van der Waals surface area contributed by atoms with E-state index in [2.05, 4.69) is 15.5 Å². The SMILES string of the molecule is N#Cc1cccc[c]1[Ni]. The Morgan fingerprint density at radius 2 is 2.00 bits per heavy atom. The van der Waals surface area contributed by atoms with Crippen molar-refractivity contribution in [3.8, 4) is 6.07 Å². The summed E-state index contributed by atoms with van der Waals surface area (Å²) in [4.78, 5) is 0. The number of rotatable bonds is 0. The quantitative estimate of drug-likeness (QED) is 0.514. The van der Waals surface area contributed by atoms with E-state index in [0.717, 1.165) is 0 Å². The third-order valence-corrected chi connectivity index (χ3v) is 1.40. The summed E-state index contributed by atoms with van der Waals surface area (Å²) in [5.41, 5.74) is 0.595. The topological polar surface area (TPSA) is 23.8 Å². The molecule has 1 rings (SSSR count). The predicted octanol–water partition coefficient (Wildman–Crippen LogP) is 0.730. The third kappa shape index (κ3) is 1.31. The molecule has 2 heteroatoms. The number of nitrogens with zero attached hydrogens (tertiary/aromatic N) is 1. The standard InChI is InChI=1S/C7H4N.Ni/c8-6-7-4-2-1-3-5-7;/h1-4H;. The summed E-state index contributed by atoms with van der Waals surface area (Å²) >= 11 is 4.54. The summed E-state index contributed by atoms with van der Waals surface area (Å²) in [6.07, 6.45) is 0. The van der Waals surface area contributed by atoms with Gasteiger partial charge in [0.2, 0.25) is 0 Å². The molecule has 0 radical (unpaired) electrons. The van der Waals surface area contributed by atoms with Crippen LogP contribution < -0.4 is 4.53 Å². The number of hydrogen-bond donors (Lipinski definition) is 0. The minimum atomic E-state index is 0.595. The van der Waals surface area contributed by atoms with Gasteiger partial charge in [-0.3, -0.25) is 0 Å². The van der Waals surface area contributed by atoms with E-state index >= 15 is 0 Å². The van der Waals surface area contributed by atoms with Gasteiger partial charge in [-0.25, -0.2) is 0 Å². The molecule has 1 aromatic rings. The molecule has 1 nitrogen and oxygen atoms in total. The van der Waals surface area contributed by atoms with Gasteiger partial charge < -0.3 is 0 Å². The summed E-state index contributed by atoms with van der Waals surface area (Å²) in [6.45, 7) is 0. The van der Waals surface area contributed by atoms with E-state index in [-0.39, 0.29) is 0 Å². The van der Waals surface area contributed by atoms with Gasteiger partial charge in [-0.2, -0.15) is 0 Å². The fraction of sp³-hybridized carbons (Fsp3) is 0. The molecule has 0 bridgehead atoms. The minimum absolute atomic E-state index is 0.595. The fourth-order valence-corrected chi connectivity index (χ4v) is 0.770. The van der Waals surface area contributed by atoms with E-state index in [1.807, 2.05) is 12.1 Å². The van der Waals surface area contributed by atoms with Crippen LogP contribution in [0.2, 0.25) is 0 Å². The Labute approximate surface area is 61.7 Å². The van der Waals surface area contributed by atoms with Gasteiger partial charge in [-0.15, -0.1) is 0 Å². The molecule has 1 aromatic carbocycles. The molecule has 0 heterocycles. The molecule has 0 saturated carbocycles. The molecule has 0 aliphatic heterocycles. The van der Waals surface area contributed by atoms with Gasteiger partial charge in [0.15, 0.2) is 0 Å². The first kappa shape index (κ1) is 6.33. The average molecular weight is 161 g/mol. The first-order valence-electron chi connectivity index (χ1n) is 2.46. The average Bonchev–Trinajstić information content (AvgIpc) is 1.89. The maximum absolute atomic E-state index is 8.41. The predicted molar refractivity (Wildman–Crippen MR) is 30.8 cm³/mol. The first-order chi connectivity index (χ1) is 4.34. The van der Waals surface area contributed by atoms with Crippen LogP contribution in [-0.2, 0) is 15.5 Å². The molecule has 0 N–H and O–H groups in total. The molecule has 0 aliphatic rings. The van der Waals surface area contributed by atoms with E-state index < -0.39 is 0 Å². The van der Waals surface area contributed by atoms with E-state index in [4.69, 9.17) is 5.26 Å². The number of hydrogen-bond acceptors (Lipinski definition) is 1. The zero-order valence-corrected chi connectivity index (χ0v) is 5.56. The molecular weight excluding hydrogens is 157 g/mol. The van der Waals surface area contributed by atoms with Gasteiger partial charge in [0, 0.05) is 0 Å². The second-order valence-corrected chi connectivity index (χ2v) is 2.09. The monoisotopic (exact) mass is 160 g/mol. The van der Waals surface area contributed by atoms with Gasteiger partial charge in [0.1, 0.15) is 0 Å². The van der Waals surface area contributed by atoms with Crippen LogP contribution in [0.5, 0.6) is 0 Å². The summed E-state index contributed by atoms with van der Waals surface area (Å²) < 4.78 is 0.667. The molecule has 0 spiro atoms. The van der Waals surface area contributed by atoms with Gasteiger partial charge in [-0.05, 0) is 0 Å². The van der Waals surface area contributed by atoms with Crippen LogP contribution in [0.1, 0.15) is 5.56 Å². The third-order valence-electron chi connectivity index (χ3n) is 0.967. The van der Waals surface area contributed by atoms with E-state index in [0.29, 0.717) is 10.1 Å². The van der Waals surface area contributed by atoms with Crippen LogP contribution in [0.4, 0.5) is 0 Å². The second-order valence-electron chi connectivity index (χ2n) is 1.56. The number of benzene rings is 1. The molecule has 9 heavy (non-hydrogen) atoms. The Bertz CT molecular complexity index is 249. The van der Waals surface area contributed by atoms with Crippen molar-refractivity contribution in [2.24, 2.45) is 0 Å². The van der Waals surface area contributed by atoms with Crippen LogP contribution in [0.25, 0.3) is 0 Å². The Morgan fingerprint density at radius 3 is 2.44 bits per heavy atom. The molecular formula is C7H4NNi. The van der Waals surface area contributed by atoms with Crippen LogP contribution in [0.3, 0.4) is 0 Å². The van der Waals surface area contributed by atoms with Crippen molar-refractivity contribution in [3.63, 3.8) is 0 Å². The first-order valence-corrected chi connectivity index (χ1v) is 2.95. The normalized spacial score (nSPS) is 8.56. The Balaban J connectivity index is 3.20. The Morgan fingerprint density at radius 1 is 1.33 bits per heavy atom. The van der Waals surface area contributed by atoms with Crippen LogP contribution in [0.15, 0.2) is 24.3 Å². The van der Waals surface area contributed by atoms with Crippen molar-refractivity contribution >= 4 is 4.53 Å². The molecule has 0 atom stereocenters. The van der Waals surface area contributed by atoms with Crippen LogP contribution >= 0.6 is 0 Å². The molecule has 0 fully saturated rings. The molecule has 47 valence electrons. The molecule has 0 unspecified atom stereocenters. The van der Waals surface area contributed by atoms with E-state index in [9.17, 15) is 0 Å². The zero-order chi connectivity index (χ0) is 6.69. The van der Waals surface area contributed by atoms with Crippen LogP contribution in [0, 0.1) is 11.3 Å². The Hall–Kier alpha value is -0.796. The van der Waals surface area contributed by atoms with Gasteiger partial charge >= 0.3 is 61.2 Å². The van der Waals surface area contributed by atoms with E-state index in [1.165, 1.54) is 0 Å². The molecule has 0 aromatic heterocycles. The van der Waals surface area contributed by atoms with E-state index in [1.54, 1.807) is 18.2 Å². The van der Waals surface area contributed by atoms with Crippen molar-refractivity contribution in [1.82, 2.24) is 0 Å². The maximum atomic E-state index is 8.41. The van der Waals surface area contributed by atoms with Crippen LogP contribution in [-0.4, -0.2) is 0 Å².